The summed E-state index contributed by atoms with van der Waals surface area (Å²) in [7, 11) is 0. The average molecular weight is 322 g/mol. The van der Waals surface area contributed by atoms with Crippen LogP contribution in [0.1, 0.15) is 63.1 Å². The van der Waals surface area contributed by atoms with Crippen LogP contribution in [0.3, 0.4) is 0 Å². The highest BCUT2D eigenvalue weighted by atomic mass is 16.3. The maximum atomic E-state index is 9.69. The number of phenols is 1. The van der Waals surface area contributed by atoms with Crippen LogP contribution < -0.4 is 0 Å². The third kappa shape index (κ3) is 3.22. The minimum Gasteiger partial charge on any atom is -0.508 e. The van der Waals surface area contributed by atoms with Gasteiger partial charge in [-0.2, -0.15) is 0 Å². The average Bonchev–Trinajstić information content (AvgIpc) is 2.55. The van der Waals surface area contributed by atoms with Crippen LogP contribution in [0.4, 0.5) is 0 Å². The Labute approximate surface area is 146 Å². The minimum absolute atomic E-state index is 0.0865. The molecule has 1 aliphatic rings. The van der Waals surface area contributed by atoms with Crippen LogP contribution in [-0.4, -0.2) is 5.11 Å². The number of hydrogen-bond donors (Lipinski definition) is 1. The van der Waals surface area contributed by atoms with Crippen molar-refractivity contribution in [3.63, 3.8) is 0 Å². The number of benzene rings is 2. The molecular formula is C23H30O. The zero-order valence-corrected chi connectivity index (χ0v) is 15.5. The van der Waals surface area contributed by atoms with Gasteiger partial charge in [-0.25, -0.2) is 0 Å². The Balaban J connectivity index is 2.00. The summed E-state index contributed by atoms with van der Waals surface area (Å²) in [6.07, 6.45) is 4.89. The van der Waals surface area contributed by atoms with Crippen molar-refractivity contribution in [2.75, 3.05) is 0 Å². The SMILES string of the molecule is Cc1ccc(C2(c3ccc(O)cc3)CCC(C(C)(C)C)CC2)cc1. The first-order valence-electron chi connectivity index (χ1n) is 9.18. The van der Waals surface area contributed by atoms with Gasteiger partial charge in [0.25, 0.3) is 0 Å². The summed E-state index contributed by atoms with van der Waals surface area (Å²) in [6.45, 7) is 9.26. The van der Waals surface area contributed by atoms with Crippen LogP contribution >= 0.6 is 0 Å². The first-order chi connectivity index (χ1) is 11.3. The fourth-order valence-corrected chi connectivity index (χ4v) is 4.37. The molecule has 0 unspecified atom stereocenters. The fourth-order valence-electron chi connectivity index (χ4n) is 4.37. The van der Waals surface area contributed by atoms with Crippen molar-refractivity contribution in [3.05, 3.63) is 65.2 Å². The van der Waals surface area contributed by atoms with Gasteiger partial charge in [0.15, 0.2) is 0 Å². The predicted molar refractivity (Wildman–Crippen MR) is 101 cm³/mol. The van der Waals surface area contributed by atoms with Crippen molar-refractivity contribution in [2.45, 2.75) is 58.8 Å². The lowest BCUT2D eigenvalue weighted by atomic mass is 9.59. The molecule has 0 saturated heterocycles. The maximum absolute atomic E-state index is 9.69. The van der Waals surface area contributed by atoms with E-state index in [0.29, 0.717) is 11.2 Å². The van der Waals surface area contributed by atoms with E-state index in [1.807, 2.05) is 12.1 Å². The smallest absolute Gasteiger partial charge is 0.115 e. The summed E-state index contributed by atoms with van der Waals surface area (Å²) in [5, 5.41) is 9.69. The van der Waals surface area contributed by atoms with Gasteiger partial charge in [0.05, 0.1) is 0 Å². The van der Waals surface area contributed by atoms with Gasteiger partial charge in [0.1, 0.15) is 5.75 Å². The summed E-state index contributed by atoms with van der Waals surface area (Å²) in [5.41, 5.74) is 4.54. The Morgan fingerprint density at radius 3 is 1.75 bits per heavy atom. The van der Waals surface area contributed by atoms with E-state index in [2.05, 4.69) is 64.1 Å². The van der Waals surface area contributed by atoms with Gasteiger partial charge in [-0.1, -0.05) is 62.7 Å². The molecule has 0 amide bonds. The number of aromatic hydroxyl groups is 1. The van der Waals surface area contributed by atoms with E-state index in [0.717, 1.165) is 5.92 Å². The first-order valence-corrected chi connectivity index (χ1v) is 9.18. The molecule has 0 heterocycles. The zero-order chi connectivity index (χ0) is 17.4. The van der Waals surface area contributed by atoms with E-state index in [4.69, 9.17) is 0 Å². The second kappa shape index (κ2) is 6.27. The van der Waals surface area contributed by atoms with Gasteiger partial charge >= 0.3 is 0 Å². The Bertz CT molecular complexity index is 618. The van der Waals surface area contributed by atoms with E-state index >= 15 is 0 Å². The maximum Gasteiger partial charge on any atom is 0.115 e. The molecule has 0 atom stereocenters. The highest BCUT2D eigenvalue weighted by Crippen LogP contribution is 2.50. The third-order valence-electron chi connectivity index (χ3n) is 6.09. The zero-order valence-electron chi connectivity index (χ0n) is 15.5. The molecule has 1 saturated carbocycles. The first kappa shape index (κ1) is 17.1. The van der Waals surface area contributed by atoms with E-state index in [1.54, 1.807) is 0 Å². The lowest BCUT2D eigenvalue weighted by Gasteiger charge is -2.45. The highest BCUT2D eigenvalue weighted by molar-refractivity contribution is 5.42. The largest absolute Gasteiger partial charge is 0.508 e. The minimum atomic E-state index is 0.0865. The quantitative estimate of drug-likeness (QED) is 0.695. The Morgan fingerprint density at radius 2 is 1.29 bits per heavy atom. The monoisotopic (exact) mass is 322 g/mol. The molecule has 1 aliphatic carbocycles. The molecule has 0 aliphatic heterocycles. The second-order valence-corrected chi connectivity index (χ2v) is 8.64. The predicted octanol–water partition coefficient (Wildman–Crippen LogP) is 6.22. The summed E-state index contributed by atoms with van der Waals surface area (Å²) in [4.78, 5) is 0. The third-order valence-corrected chi connectivity index (χ3v) is 6.09. The van der Waals surface area contributed by atoms with Crippen molar-refractivity contribution in [3.8, 4) is 5.75 Å². The normalized spacial score (nSPS) is 24.8. The van der Waals surface area contributed by atoms with Gasteiger partial charge in [-0.05, 0) is 67.2 Å². The molecule has 0 spiro atoms. The molecule has 1 heteroatoms. The Morgan fingerprint density at radius 1 is 0.833 bits per heavy atom. The number of rotatable bonds is 2. The summed E-state index contributed by atoms with van der Waals surface area (Å²) in [5.74, 6) is 1.13. The molecule has 1 fully saturated rings. The topological polar surface area (TPSA) is 20.2 Å². The molecule has 1 N–H and O–H groups in total. The van der Waals surface area contributed by atoms with Crippen molar-refractivity contribution < 1.29 is 5.11 Å². The van der Waals surface area contributed by atoms with Crippen molar-refractivity contribution in [2.24, 2.45) is 11.3 Å². The van der Waals surface area contributed by atoms with E-state index in [1.165, 1.54) is 42.4 Å². The van der Waals surface area contributed by atoms with E-state index in [9.17, 15) is 5.11 Å². The Hall–Kier alpha value is -1.76. The molecule has 0 aromatic heterocycles. The molecular weight excluding hydrogens is 292 g/mol. The molecule has 2 aromatic carbocycles. The van der Waals surface area contributed by atoms with Gasteiger partial charge < -0.3 is 5.11 Å². The molecule has 1 nitrogen and oxygen atoms in total. The van der Waals surface area contributed by atoms with Gasteiger partial charge in [-0.15, -0.1) is 0 Å². The van der Waals surface area contributed by atoms with Crippen LogP contribution in [0.25, 0.3) is 0 Å². The highest BCUT2D eigenvalue weighted by Gasteiger charge is 2.41. The molecule has 2 aromatic rings. The lowest BCUT2D eigenvalue weighted by molar-refractivity contribution is 0.146. The fraction of sp³-hybridized carbons (Fsp3) is 0.478. The van der Waals surface area contributed by atoms with Crippen molar-refractivity contribution >= 4 is 0 Å². The molecule has 0 bridgehead atoms. The molecule has 0 radical (unpaired) electrons. The second-order valence-electron chi connectivity index (χ2n) is 8.64. The van der Waals surface area contributed by atoms with Crippen LogP contribution in [-0.2, 0) is 5.41 Å². The molecule has 3 rings (SSSR count). The molecule has 24 heavy (non-hydrogen) atoms. The van der Waals surface area contributed by atoms with Crippen LogP contribution in [0.15, 0.2) is 48.5 Å². The van der Waals surface area contributed by atoms with Crippen LogP contribution in [0, 0.1) is 18.3 Å². The summed E-state index contributed by atoms with van der Waals surface area (Å²) >= 11 is 0. The number of phenolic OH excluding ortho intramolecular Hbond substituents is 1. The van der Waals surface area contributed by atoms with Gasteiger partial charge in [-0.3, -0.25) is 0 Å². The van der Waals surface area contributed by atoms with E-state index in [-0.39, 0.29) is 5.41 Å². The summed E-state index contributed by atoms with van der Waals surface area (Å²) in [6, 6.07) is 17.0. The van der Waals surface area contributed by atoms with E-state index < -0.39 is 0 Å². The van der Waals surface area contributed by atoms with Crippen molar-refractivity contribution in [1.29, 1.82) is 0 Å². The van der Waals surface area contributed by atoms with Gasteiger partial charge in [0, 0.05) is 5.41 Å². The number of aryl methyl sites for hydroxylation is 1. The van der Waals surface area contributed by atoms with Crippen LogP contribution in [0.5, 0.6) is 5.75 Å². The Kier molecular flexibility index (Phi) is 4.46. The van der Waals surface area contributed by atoms with Crippen molar-refractivity contribution in [1.82, 2.24) is 0 Å². The number of hydrogen-bond acceptors (Lipinski definition) is 1. The standard InChI is InChI=1S/C23H30O/c1-17-5-7-19(8-6-17)23(20-9-11-21(24)12-10-20)15-13-18(14-16-23)22(2,3)4/h5-12,18,24H,13-16H2,1-4H3. The lowest BCUT2D eigenvalue weighted by Crippen LogP contribution is -2.36. The molecule has 128 valence electrons. The summed E-state index contributed by atoms with van der Waals surface area (Å²) < 4.78 is 0. The van der Waals surface area contributed by atoms with Gasteiger partial charge in [0.2, 0.25) is 0 Å². The van der Waals surface area contributed by atoms with Crippen LogP contribution in [0.2, 0.25) is 0 Å².